The van der Waals surface area contributed by atoms with Gasteiger partial charge in [-0.1, -0.05) is 42.5 Å². The van der Waals surface area contributed by atoms with Gasteiger partial charge < -0.3 is 9.80 Å². The van der Waals surface area contributed by atoms with Crippen molar-refractivity contribution in [3.05, 3.63) is 71.0 Å². The largest absolute Gasteiger partial charge is 0.377 e. The van der Waals surface area contributed by atoms with Crippen LogP contribution in [0.25, 0.3) is 5.57 Å². The van der Waals surface area contributed by atoms with Crippen LogP contribution in [0.4, 0.5) is 5.69 Å². The summed E-state index contributed by atoms with van der Waals surface area (Å²) in [5.74, 6) is 0.617. The number of fused-ring (bicyclic) bond motifs is 3. The molecule has 0 bridgehead atoms. The summed E-state index contributed by atoms with van der Waals surface area (Å²) < 4.78 is 0. The normalized spacial score (nSPS) is 18.1. The molecule has 4 rings (SSSR count). The summed E-state index contributed by atoms with van der Waals surface area (Å²) in [6.45, 7) is 0. The number of hydrogen-bond acceptors (Lipinski definition) is 5. The van der Waals surface area contributed by atoms with Gasteiger partial charge in [-0.15, -0.1) is 0 Å². The number of Topliss-reactive ketones (excluding diaryl/α,β-unsaturated/α-hetero) is 1. The lowest BCUT2D eigenvalue weighted by Crippen LogP contribution is -2.23. The number of para-hydroxylation sites is 1. The van der Waals surface area contributed by atoms with Gasteiger partial charge in [0.2, 0.25) is 5.96 Å². The Morgan fingerprint density at radius 3 is 2.48 bits per heavy atom. The predicted octanol–water partition coefficient (Wildman–Crippen LogP) is 3.23. The van der Waals surface area contributed by atoms with E-state index in [2.05, 4.69) is 6.08 Å². The molecule has 0 atom stereocenters. The number of allylic oxidation sites excluding steroid dienone is 7. The van der Waals surface area contributed by atoms with Crippen molar-refractivity contribution < 1.29 is 4.79 Å². The molecule has 2 aliphatic carbocycles. The molecule has 3 aliphatic rings. The predicted molar refractivity (Wildman–Crippen MR) is 111 cm³/mol. The van der Waals surface area contributed by atoms with E-state index in [1.165, 1.54) is 0 Å². The van der Waals surface area contributed by atoms with E-state index in [0.29, 0.717) is 22.8 Å². The Hall–Kier alpha value is -3.21. The number of carbonyl (C=O) groups is 1. The third-order valence-electron chi connectivity index (χ3n) is 4.81. The second-order valence-electron chi connectivity index (χ2n) is 7.09. The van der Waals surface area contributed by atoms with Crippen molar-refractivity contribution in [2.24, 2.45) is 9.98 Å². The number of rotatable bonds is 2. The van der Waals surface area contributed by atoms with E-state index in [9.17, 15) is 4.79 Å². The van der Waals surface area contributed by atoms with Crippen molar-refractivity contribution in [1.29, 1.82) is 0 Å². The van der Waals surface area contributed by atoms with Crippen molar-refractivity contribution in [3.63, 3.8) is 0 Å². The van der Waals surface area contributed by atoms with E-state index in [1.54, 1.807) is 0 Å². The number of benzene rings is 1. The van der Waals surface area contributed by atoms with Gasteiger partial charge in [0.25, 0.3) is 0 Å². The maximum atomic E-state index is 13.5. The van der Waals surface area contributed by atoms with Gasteiger partial charge >= 0.3 is 0 Å². The van der Waals surface area contributed by atoms with Gasteiger partial charge in [-0.05, 0) is 12.5 Å². The van der Waals surface area contributed by atoms with Crippen LogP contribution >= 0.6 is 0 Å². The Balaban J connectivity index is 2.03. The Morgan fingerprint density at radius 1 is 0.963 bits per heavy atom. The first kappa shape index (κ1) is 17.2. The number of aliphatic imine (C=N–C) groups is 2. The average molecular weight is 358 g/mol. The van der Waals surface area contributed by atoms with Crippen LogP contribution < -0.4 is 4.90 Å². The number of guanidine groups is 1. The third kappa shape index (κ3) is 2.76. The second-order valence-corrected chi connectivity index (χ2v) is 7.09. The van der Waals surface area contributed by atoms with Gasteiger partial charge in [0.05, 0.1) is 5.57 Å². The maximum absolute atomic E-state index is 13.5. The lowest BCUT2D eigenvalue weighted by Gasteiger charge is -2.24. The molecule has 0 fully saturated rings. The zero-order valence-corrected chi connectivity index (χ0v) is 16.0. The highest BCUT2D eigenvalue weighted by molar-refractivity contribution is 6.45. The van der Waals surface area contributed by atoms with Crippen LogP contribution in [0.1, 0.15) is 12.0 Å². The van der Waals surface area contributed by atoms with E-state index in [4.69, 9.17) is 9.98 Å². The first-order valence-corrected chi connectivity index (χ1v) is 8.97. The van der Waals surface area contributed by atoms with E-state index in [-0.39, 0.29) is 5.78 Å². The number of anilines is 1. The summed E-state index contributed by atoms with van der Waals surface area (Å²) in [4.78, 5) is 26.9. The minimum atomic E-state index is -0.000180. The summed E-state index contributed by atoms with van der Waals surface area (Å²) >= 11 is 0. The highest BCUT2D eigenvalue weighted by atomic mass is 16.1. The van der Waals surface area contributed by atoms with Crippen LogP contribution in [-0.2, 0) is 4.79 Å². The Morgan fingerprint density at radius 2 is 1.74 bits per heavy atom. The fourth-order valence-electron chi connectivity index (χ4n) is 3.51. The summed E-state index contributed by atoms with van der Waals surface area (Å²) in [6.07, 6.45) is 8.72. The minimum absolute atomic E-state index is 0.000180. The zero-order valence-electron chi connectivity index (χ0n) is 16.0. The topological polar surface area (TPSA) is 48.3 Å². The van der Waals surface area contributed by atoms with Gasteiger partial charge in [0, 0.05) is 50.6 Å². The molecule has 0 spiro atoms. The molecule has 136 valence electrons. The highest BCUT2D eigenvalue weighted by Crippen LogP contribution is 2.41. The number of hydrogen-bond donors (Lipinski definition) is 0. The Labute approximate surface area is 159 Å². The molecule has 0 saturated carbocycles. The molecule has 0 N–H and O–H groups in total. The standard InChI is InChI=1S/C22H22N4O/c1-25(2)17-13-9-8-12-16(17)18-20-19(23-22(24-20)26(3)4)14-10-6-5-7-11-15(14)21(18)27/h5,7-13H,6H2,1-4H3. The summed E-state index contributed by atoms with van der Waals surface area (Å²) in [6, 6.07) is 7.94. The molecule has 0 saturated heterocycles. The Bertz CT molecular complexity index is 1020. The molecule has 0 amide bonds. The van der Waals surface area contributed by atoms with Gasteiger partial charge in [-0.3, -0.25) is 4.79 Å². The monoisotopic (exact) mass is 358 g/mol. The number of ketones is 1. The van der Waals surface area contributed by atoms with Gasteiger partial charge in [0.15, 0.2) is 5.78 Å². The molecule has 5 nitrogen and oxygen atoms in total. The molecule has 1 heterocycles. The molecule has 1 aromatic rings. The Kier molecular flexibility index (Phi) is 4.15. The average Bonchev–Trinajstić information content (AvgIpc) is 2.93. The third-order valence-corrected chi connectivity index (χ3v) is 4.81. The summed E-state index contributed by atoms with van der Waals surface area (Å²) in [5, 5.41) is 0. The zero-order chi connectivity index (χ0) is 19.1. The van der Waals surface area contributed by atoms with Crippen LogP contribution in [0.15, 0.2) is 75.4 Å². The number of carbonyl (C=O) groups excluding carboxylic acids is 1. The van der Waals surface area contributed by atoms with Crippen molar-refractivity contribution in [2.75, 3.05) is 33.1 Å². The first-order chi connectivity index (χ1) is 13.0. The van der Waals surface area contributed by atoms with Crippen molar-refractivity contribution in [2.45, 2.75) is 6.42 Å². The van der Waals surface area contributed by atoms with Crippen LogP contribution in [0.2, 0.25) is 0 Å². The molecule has 0 aromatic heterocycles. The van der Waals surface area contributed by atoms with Crippen LogP contribution in [0, 0.1) is 0 Å². The van der Waals surface area contributed by atoms with Crippen LogP contribution in [0.5, 0.6) is 0 Å². The van der Waals surface area contributed by atoms with Crippen molar-refractivity contribution in [1.82, 2.24) is 4.90 Å². The number of nitrogens with zero attached hydrogens (tertiary/aromatic N) is 4. The smallest absolute Gasteiger partial charge is 0.226 e. The summed E-state index contributed by atoms with van der Waals surface area (Å²) in [7, 11) is 7.79. The molecule has 0 unspecified atom stereocenters. The molecular formula is C22H22N4O. The van der Waals surface area contributed by atoms with Crippen LogP contribution in [0.3, 0.4) is 0 Å². The summed E-state index contributed by atoms with van der Waals surface area (Å²) in [5.41, 5.74) is 5.51. The molecule has 27 heavy (non-hydrogen) atoms. The lowest BCUT2D eigenvalue weighted by atomic mass is 9.81. The highest BCUT2D eigenvalue weighted by Gasteiger charge is 2.38. The molecule has 0 radical (unpaired) electrons. The van der Waals surface area contributed by atoms with Crippen LogP contribution in [-0.4, -0.2) is 50.5 Å². The van der Waals surface area contributed by atoms with E-state index < -0.39 is 0 Å². The van der Waals surface area contributed by atoms with E-state index >= 15 is 0 Å². The quantitative estimate of drug-likeness (QED) is 0.815. The van der Waals surface area contributed by atoms with Gasteiger partial charge in [0.1, 0.15) is 11.4 Å². The SMILES string of the molecule is CN(C)C1=NC2=C(c3ccccc3N(C)C)C(=O)C3=CC=CCC=C3C2=N1. The van der Waals surface area contributed by atoms with Gasteiger partial charge in [-0.2, -0.15) is 0 Å². The fourth-order valence-corrected chi connectivity index (χ4v) is 3.51. The van der Waals surface area contributed by atoms with Crippen molar-refractivity contribution >= 4 is 28.7 Å². The molecular weight excluding hydrogens is 336 g/mol. The fraction of sp³-hybridized carbons (Fsp3) is 0.227. The van der Waals surface area contributed by atoms with E-state index in [1.807, 2.05) is 80.5 Å². The molecule has 1 aromatic carbocycles. The lowest BCUT2D eigenvalue weighted by molar-refractivity contribution is -0.110. The molecule has 5 heteroatoms. The minimum Gasteiger partial charge on any atom is -0.377 e. The second kappa shape index (κ2) is 6.50. The first-order valence-electron chi connectivity index (χ1n) is 8.97. The van der Waals surface area contributed by atoms with Crippen molar-refractivity contribution in [3.8, 4) is 0 Å². The van der Waals surface area contributed by atoms with E-state index in [0.717, 1.165) is 29.0 Å². The van der Waals surface area contributed by atoms with Gasteiger partial charge in [-0.25, -0.2) is 9.98 Å². The molecule has 1 aliphatic heterocycles. The maximum Gasteiger partial charge on any atom is 0.226 e.